The van der Waals surface area contributed by atoms with Crippen LogP contribution in [0.15, 0.2) is 60.7 Å². The summed E-state index contributed by atoms with van der Waals surface area (Å²) in [6.45, 7) is 1.23. The SMILES string of the molecule is CC(=O)OC(Cc1ccccc1)(Cc1ccccc1)C(=O)O. The third-order valence-electron chi connectivity index (χ3n) is 3.39. The summed E-state index contributed by atoms with van der Waals surface area (Å²) < 4.78 is 5.27. The monoisotopic (exact) mass is 298 g/mol. The van der Waals surface area contributed by atoms with Gasteiger partial charge < -0.3 is 9.84 Å². The fourth-order valence-corrected chi connectivity index (χ4v) is 2.46. The lowest BCUT2D eigenvalue weighted by Gasteiger charge is -2.29. The van der Waals surface area contributed by atoms with Gasteiger partial charge in [0, 0.05) is 19.8 Å². The smallest absolute Gasteiger partial charge is 0.348 e. The molecule has 22 heavy (non-hydrogen) atoms. The summed E-state index contributed by atoms with van der Waals surface area (Å²) in [4.78, 5) is 23.3. The van der Waals surface area contributed by atoms with Crippen LogP contribution in [-0.4, -0.2) is 22.6 Å². The number of benzene rings is 2. The lowest BCUT2D eigenvalue weighted by molar-refractivity contribution is -0.177. The molecule has 0 aliphatic carbocycles. The van der Waals surface area contributed by atoms with Gasteiger partial charge in [0.2, 0.25) is 5.60 Å². The molecule has 0 saturated carbocycles. The molecule has 4 nitrogen and oxygen atoms in total. The van der Waals surface area contributed by atoms with Crippen LogP contribution in [0.1, 0.15) is 18.1 Å². The van der Waals surface area contributed by atoms with Crippen LogP contribution in [0, 0.1) is 0 Å². The van der Waals surface area contributed by atoms with Crippen molar-refractivity contribution in [2.75, 3.05) is 0 Å². The molecule has 0 fully saturated rings. The number of rotatable bonds is 6. The number of carboxylic acid groups (broad SMARTS) is 1. The van der Waals surface area contributed by atoms with Crippen LogP contribution in [-0.2, 0) is 27.2 Å². The zero-order valence-corrected chi connectivity index (χ0v) is 12.4. The van der Waals surface area contributed by atoms with Gasteiger partial charge in [0.1, 0.15) is 0 Å². The van der Waals surface area contributed by atoms with E-state index in [2.05, 4.69) is 0 Å². The maximum Gasteiger partial charge on any atom is 0.348 e. The van der Waals surface area contributed by atoms with Gasteiger partial charge in [-0.2, -0.15) is 0 Å². The fraction of sp³-hybridized carbons (Fsp3) is 0.222. The quantitative estimate of drug-likeness (QED) is 0.833. The Labute approximate surface area is 129 Å². The predicted octanol–water partition coefficient (Wildman–Crippen LogP) is 2.86. The van der Waals surface area contributed by atoms with Gasteiger partial charge in [0.05, 0.1) is 0 Å². The largest absolute Gasteiger partial charge is 0.478 e. The molecule has 1 N–H and O–H groups in total. The van der Waals surface area contributed by atoms with E-state index in [1.165, 1.54) is 6.92 Å². The second kappa shape index (κ2) is 6.89. The lowest BCUT2D eigenvalue weighted by Crippen LogP contribution is -2.47. The Balaban J connectivity index is 2.37. The second-order valence-electron chi connectivity index (χ2n) is 5.22. The van der Waals surface area contributed by atoms with Gasteiger partial charge in [-0.15, -0.1) is 0 Å². The minimum absolute atomic E-state index is 0.123. The minimum Gasteiger partial charge on any atom is -0.478 e. The van der Waals surface area contributed by atoms with Crippen molar-refractivity contribution in [3.05, 3.63) is 71.8 Å². The molecule has 0 aromatic heterocycles. The van der Waals surface area contributed by atoms with Crippen molar-refractivity contribution in [1.29, 1.82) is 0 Å². The Morgan fingerprint density at radius 3 is 1.64 bits per heavy atom. The molecule has 4 heteroatoms. The number of aliphatic carboxylic acids is 1. The zero-order valence-electron chi connectivity index (χ0n) is 12.4. The third-order valence-corrected chi connectivity index (χ3v) is 3.39. The van der Waals surface area contributed by atoms with Crippen LogP contribution < -0.4 is 0 Å². The number of ether oxygens (including phenoxy) is 1. The highest BCUT2D eigenvalue weighted by atomic mass is 16.6. The van der Waals surface area contributed by atoms with E-state index in [-0.39, 0.29) is 12.8 Å². The average molecular weight is 298 g/mol. The number of carboxylic acids is 1. The fourth-order valence-electron chi connectivity index (χ4n) is 2.46. The van der Waals surface area contributed by atoms with Crippen molar-refractivity contribution in [2.24, 2.45) is 0 Å². The van der Waals surface area contributed by atoms with Crippen LogP contribution in [0.5, 0.6) is 0 Å². The van der Waals surface area contributed by atoms with E-state index in [1.54, 1.807) is 0 Å². The number of esters is 1. The van der Waals surface area contributed by atoms with E-state index < -0.39 is 17.5 Å². The molecule has 0 atom stereocenters. The molecule has 0 heterocycles. The molecule has 0 unspecified atom stereocenters. The molecule has 0 amide bonds. The van der Waals surface area contributed by atoms with Gasteiger partial charge in [0.15, 0.2) is 0 Å². The molecule has 2 aromatic carbocycles. The van der Waals surface area contributed by atoms with Crippen molar-refractivity contribution in [2.45, 2.75) is 25.4 Å². The first-order valence-electron chi connectivity index (χ1n) is 7.03. The molecule has 0 bridgehead atoms. The Hall–Kier alpha value is -2.62. The Kier molecular flexibility index (Phi) is 4.94. The molecule has 2 aromatic rings. The van der Waals surface area contributed by atoms with Crippen LogP contribution in [0.25, 0.3) is 0 Å². The van der Waals surface area contributed by atoms with Crippen LogP contribution in [0.4, 0.5) is 0 Å². The van der Waals surface area contributed by atoms with E-state index in [1.807, 2.05) is 60.7 Å². The van der Waals surface area contributed by atoms with E-state index in [0.717, 1.165) is 11.1 Å². The van der Waals surface area contributed by atoms with Crippen LogP contribution >= 0.6 is 0 Å². The van der Waals surface area contributed by atoms with E-state index in [4.69, 9.17) is 4.74 Å². The average Bonchev–Trinajstić information content (AvgIpc) is 2.48. The molecule has 0 aliphatic heterocycles. The highest BCUT2D eigenvalue weighted by Gasteiger charge is 2.42. The summed E-state index contributed by atoms with van der Waals surface area (Å²) in [5.74, 6) is -1.75. The second-order valence-corrected chi connectivity index (χ2v) is 5.22. The normalized spacial score (nSPS) is 11.0. The molecule has 0 aliphatic rings. The third kappa shape index (κ3) is 3.95. The first kappa shape index (κ1) is 15.8. The van der Waals surface area contributed by atoms with Crippen LogP contribution in [0.2, 0.25) is 0 Å². The van der Waals surface area contributed by atoms with Crippen molar-refractivity contribution in [1.82, 2.24) is 0 Å². The molecule has 0 radical (unpaired) electrons. The maximum atomic E-state index is 11.9. The molecule has 114 valence electrons. The Bertz CT molecular complexity index is 593. The molecule has 2 rings (SSSR count). The van der Waals surface area contributed by atoms with Crippen molar-refractivity contribution in [3.63, 3.8) is 0 Å². The van der Waals surface area contributed by atoms with E-state index in [0.29, 0.717) is 0 Å². The summed E-state index contributed by atoms with van der Waals surface area (Å²) >= 11 is 0. The van der Waals surface area contributed by atoms with Crippen molar-refractivity contribution in [3.8, 4) is 0 Å². The molecular formula is C18H18O4. The highest BCUT2D eigenvalue weighted by Crippen LogP contribution is 2.24. The van der Waals surface area contributed by atoms with Crippen molar-refractivity contribution < 1.29 is 19.4 Å². The number of hydrogen-bond donors (Lipinski definition) is 1. The standard InChI is InChI=1S/C18H18O4/c1-14(19)22-18(17(20)21,12-15-8-4-2-5-9-15)13-16-10-6-3-7-11-16/h2-11H,12-13H2,1H3,(H,20,21). The Morgan fingerprint density at radius 1 is 0.909 bits per heavy atom. The lowest BCUT2D eigenvalue weighted by atomic mass is 9.87. The highest BCUT2D eigenvalue weighted by molar-refractivity contribution is 5.82. The Morgan fingerprint density at radius 2 is 1.32 bits per heavy atom. The van der Waals surface area contributed by atoms with Gasteiger partial charge in [-0.1, -0.05) is 60.7 Å². The molecular weight excluding hydrogens is 280 g/mol. The molecule has 0 spiro atoms. The predicted molar refractivity (Wildman–Crippen MR) is 82.4 cm³/mol. The zero-order chi connectivity index (χ0) is 16.0. The van der Waals surface area contributed by atoms with Gasteiger partial charge in [-0.25, -0.2) is 4.79 Å². The van der Waals surface area contributed by atoms with Gasteiger partial charge in [-0.05, 0) is 11.1 Å². The van der Waals surface area contributed by atoms with E-state index in [9.17, 15) is 14.7 Å². The molecule has 0 saturated heterocycles. The van der Waals surface area contributed by atoms with Gasteiger partial charge in [0.25, 0.3) is 0 Å². The van der Waals surface area contributed by atoms with Crippen LogP contribution in [0.3, 0.4) is 0 Å². The number of hydrogen-bond acceptors (Lipinski definition) is 3. The number of carbonyl (C=O) groups excluding carboxylic acids is 1. The first-order valence-corrected chi connectivity index (χ1v) is 7.03. The van der Waals surface area contributed by atoms with Gasteiger partial charge in [-0.3, -0.25) is 4.79 Å². The van der Waals surface area contributed by atoms with Gasteiger partial charge >= 0.3 is 11.9 Å². The summed E-state index contributed by atoms with van der Waals surface area (Å²) in [5, 5.41) is 9.72. The van der Waals surface area contributed by atoms with E-state index >= 15 is 0 Å². The minimum atomic E-state index is -1.60. The summed E-state index contributed by atoms with van der Waals surface area (Å²) in [5.41, 5.74) is 0.0123. The number of carbonyl (C=O) groups is 2. The topological polar surface area (TPSA) is 63.6 Å². The summed E-state index contributed by atoms with van der Waals surface area (Å²) in [7, 11) is 0. The summed E-state index contributed by atoms with van der Waals surface area (Å²) in [6, 6.07) is 18.3. The van der Waals surface area contributed by atoms with Crippen molar-refractivity contribution >= 4 is 11.9 Å². The maximum absolute atomic E-state index is 11.9. The summed E-state index contributed by atoms with van der Waals surface area (Å²) in [6.07, 6.45) is 0.245. The first-order chi connectivity index (χ1) is 10.5.